The number of aromatic nitrogens is 2. The second-order valence-electron chi connectivity index (χ2n) is 6.73. The van der Waals surface area contributed by atoms with Crippen molar-refractivity contribution < 1.29 is 24.3 Å². The number of rotatable bonds is 3. The van der Waals surface area contributed by atoms with Gasteiger partial charge in [0, 0.05) is 11.1 Å². The van der Waals surface area contributed by atoms with Crippen molar-refractivity contribution in [3.63, 3.8) is 0 Å². The number of para-hydroxylation sites is 1. The van der Waals surface area contributed by atoms with Crippen LogP contribution in [0.3, 0.4) is 0 Å². The summed E-state index contributed by atoms with van der Waals surface area (Å²) in [6, 6.07) is 21.6. The zero-order chi connectivity index (χ0) is 17.2. The molecule has 0 saturated heterocycles. The van der Waals surface area contributed by atoms with E-state index in [0.29, 0.717) is 5.69 Å². The average molecular weight is 385 g/mol. The minimum absolute atomic E-state index is 0. The van der Waals surface area contributed by atoms with Crippen LogP contribution in [0.4, 0.5) is 0 Å². The largest absolute Gasteiger partial charge is 2.00 e. The Labute approximate surface area is 161 Å². The smallest absolute Gasteiger partial charge is 0.346 e. The second kappa shape index (κ2) is 7.75. The van der Waals surface area contributed by atoms with Crippen LogP contribution in [0, 0.1) is 0 Å². The normalized spacial score (nSPS) is 10.8. The average Bonchev–Trinajstić information content (AvgIpc) is 3.00. The van der Waals surface area contributed by atoms with Gasteiger partial charge < -0.3 is 5.32 Å². The molecule has 0 bridgehead atoms. The Kier molecular flexibility index (Phi) is 5.91. The van der Waals surface area contributed by atoms with E-state index in [1.165, 1.54) is 0 Å². The standard InChI is InChI=1S/C20H21N3O.Zn/c1-20(2,3)21-19(24)17-14-18(15-10-6-4-7-11-15)23(22-17)16-12-8-5-9-13-16;/h4-14H,1-3H3,(H,21,24);/q;+2. The Morgan fingerprint density at radius 2 is 1.52 bits per heavy atom. The first-order chi connectivity index (χ1) is 11.4. The number of hydrogen-bond acceptors (Lipinski definition) is 2. The van der Waals surface area contributed by atoms with E-state index in [2.05, 4.69) is 10.4 Å². The van der Waals surface area contributed by atoms with E-state index < -0.39 is 0 Å². The molecule has 1 heterocycles. The van der Waals surface area contributed by atoms with Crippen molar-refractivity contribution in [2.45, 2.75) is 26.3 Å². The maximum atomic E-state index is 12.5. The minimum Gasteiger partial charge on any atom is -0.346 e. The molecule has 1 amide bonds. The molecule has 0 saturated carbocycles. The zero-order valence-electron chi connectivity index (χ0n) is 14.9. The predicted molar refractivity (Wildman–Crippen MR) is 96.2 cm³/mol. The van der Waals surface area contributed by atoms with E-state index in [1.807, 2.05) is 92.2 Å². The molecule has 0 fully saturated rings. The van der Waals surface area contributed by atoms with Crippen molar-refractivity contribution in [1.82, 2.24) is 15.1 Å². The predicted octanol–water partition coefficient (Wildman–Crippen LogP) is 4.07. The van der Waals surface area contributed by atoms with Crippen molar-refractivity contribution in [3.8, 4) is 16.9 Å². The summed E-state index contributed by atoms with van der Waals surface area (Å²) in [5.41, 5.74) is 2.93. The SMILES string of the molecule is CC(C)(C)NC(=O)c1cc(-c2ccccc2)n(-c2ccccc2)n1.[Zn+2]. The summed E-state index contributed by atoms with van der Waals surface area (Å²) in [5.74, 6) is -0.172. The van der Waals surface area contributed by atoms with Gasteiger partial charge in [-0.05, 0) is 39.0 Å². The molecule has 0 unspecified atom stereocenters. The van der Waals surface area contributed by atoms with E-state index in [4.69, 9.17) is 0 Å². The third-order valence-electron chi connectivity index (χ3n) is 3.50. The van der Waals surface area contributed by atoms with Crippen molar-refractivity contribution in [2.24, 2.45) is 0 Å². The van der Waals surface area contributed by atoms with Gasteiger partial charge in [-0.25, -0.2) is 4.68 Å². The quantitative estimate of drug-likeness (QED) is 0.692. The van der Waals surface area contributed by atoms with Gasteiger partial charge in [-0.3, -0.25) is 4.79 Å². The van der Waals surface area contributed by atoms with Crippen LogP contribution in [-0.4, -0.2) is 21.2 Å². The van der Waals surface area contributed by atoms with Crippen LogP contribution in [0.25, 0.3) is 16.9 Å². The number of nitrogens with one attached hydrogen (secondary N) is 1. The summed E-state index contributed by atoms with van der Waals surface area (Å²) in [4.78, 5) is 12.5. The molecule has 1 aromatic heterocycles. The van der Waals surface area contributed by atoms with Crippen LogP contribution in [0.5, 0.6) is 0 Å². The molecule has 2 aromatic carbocycles. The Hall–Kier alpha value is -2.26. The van der Waals surface area contributed by atoms with E-state index in [9.17, 15) is 4.79 Å². The van der Waals surface area contributed by atoms with Crippen LogP contribution >= 0.6 is 0 Å². The van der Waals surface area contributed by atoms with Gasteiger partial charge in [0.05, 0.1) is 11.4 Å². The van der Waals surface area contributed by atoms with Gasteiger partial charge >= 0.3 is 19.5 Å². The van der Waals surface area contributed by atoms with Gasteiger partial charge in [-0.15, -0.1) is 0 Å². The van der Waals surface area contributed by atoms with Gasteiger partial charge in [0.15, 0.2) is 5.69 Å². The fraction of sp³-hybridized carbons (Fsp3) is 0.200. The fourth-order valence-electron chi connectivity index (χ4n) is 2.48. The number of amides is 1. The van der Waals surface area contributed by atoms with E-state index >= 15 is 0 Å². The Bertz CT molecular complexity index is 779. The molecule has 0 atom stereocenters. The number of carbonyl (C=O) groups excluding carboxylic acids is 1. The van der Waals surface area contributed by atoms with E-state index in [-0.39, 0.29) is 30.9 Å². The van der Waals surface area contributed by atoms with Crippen LogP contribution < -0.4 is 5.32 Å². The molecule has 1 N–H and O–H groups in total. The van der Waals surface area contributed by atoms with Gasteiger partial charge in [-0.1, -0.05) is 48.5 Å². The molecule has 122 valence electrons. The van der Waals surface area contributed by atoms with Crippen molar-refractivity contribution in [3.05, 3.63) is 72.4 Å². The minimum atomic E-state index is -0.305. The van der Waals surface area contributed by atoms with Crippen LogP contribution in [0.15, 0.2) is 66.7 Å². The maximum Gasteiger partial charge on any atom is 2.00 e. The summed E-state index contributed by atoms with van der Waals surface area (Å²) in [6.45, 7) is 5.87. The molecule has 4 nitrogen and oxygen atoms in total. The topological polar surface area (TPSA) is 46.9 Å². The number of hydrogen-bond donors (Lipinski definition) is 1. The molecular formula is C20H21N3OZn+2. The molecule has 0 aliphatic rings. The zero-order valence-corrected chi connectivity index (χ0v) is 17.8. The van der Waals surface area contributed by atoms with Gasteiger partial charge in [0.2, 0.25) is 0 Å². The molecule has 0 radical (unpaired) electrons. The first kappa shape index (κ1) is 19.1. The molecule has 0 aliphatic heterocycles. The molecule has 5 heteroatoms. The first-order valence-electron chi connectivity index (χ1n) is 7.97. The van der Waals surface area contributed by atoms with Gasteiger partial charge in [-0.2, -0.15) is 5.10 Å². The molecular weight excluding hydrogens is 364 g/mol. The van der Waals surface area contributed by atoms with E-state index in [1.54, 1.807) is 0 Å². The Balaban J connectivity index is 0.00000225. The third kappa shape index (κ3) is 4.64. The molecule has 0 spiro atoms. The number of carbonyl (C=O) groups is 1. The first-order valence-corrected chi connectivity index (χ1v) is 7.97. The molecule has 3 aromatic rings. The third-order valence-corrected chi connectivity index (χ3v) is 3.50. The van der Waals surface area contributed by atoms with Crippen molar-refractivity contribution in [1.29, 1.82) is 0 Å². The van der Waals surface area contributed by atoms with Crippen LogP contribution in [-0.2, 0) is 19.5 Å². The summed E-state index contributed by atoms with van der Waals surface area (Å²) in [6.07, 6.45) is 0. The number of benzene rings is 2. The molecule has 0 aliphatic carbocycles. The van der Waals surface area contributed by atoms with Crippen LogP contribution in [0.1, 0.15) is 31.3 Å². The monoisotopic (exact) mass is 383 g/mol. The van der Waals surface area contributed by atoms with E-state index in [0.717, 1.165) is 16.9 Å². The van der Waals surface area contributed by atoms with Gasteiger partial charge in [0.1, 0.15) is 0 Å². The molecule has 25 heavy (non-hydrogen) atoms. The summed E-state index contributed by atoms with van der Waals surface area (Å²) >= 11 is 0. The number of nitrogens with zero attached hydrogens (tertiary/aromatic N) is 2. The van der Waals surface area contributed by atoms with Crippen LogP contribution in [0.2, 0.25) is 0 Å². The molecule has 3 rings (SSSR count). The van der Waals surface area contributed by atoms with Crippen molar-refractivity contribution in [2.75, 3.05) is 0 Å². The van der Waals surface area contributed by atoms with Gasteiger partial charge in [0.25, 0.3) is 5.91 Å². The fourth-order valence-corrected chi connectivity index (χ4v) is 2.48. The van der Waals surface area contributed by atoms with Crippen molar-refractivity contribution >= 4 is 5.91 Å². The Morgan fingerprint density at radius 1 is 0.960 bits per heavy atom. The summed E-state index contributed by atoms with van der Waals surface area (Å²) in [7, 11) is 0. The summed E-state index contributed by atoms with van der Waals surface area (Å²) < 4.78 is 1.81. The Morgan fingerprint density at radius 3 is 2.08 bits per heavy atom. The second-order valence-corrected chi connectivity index (χ2v) is 6.73. The maximum absolute atomic E-state index is 12.5. The summed E-state index contributed by atoms with van der Waals surface area (Å²) in [5, 5.41) is 7.51.